The molecule has 1 amide bonds. The van der Waals surface area contributed by atoms with E-state index in [2.05, 4.69) is 10.9 Å². The molecule has 0 atom stereocenters. The normalized spacial score (nSPS) is 9.42. The van der Waals surface area contributed by atoms with Gasteiger partial charge in [-0.15, -0.1) is 0 Å². The van der Waals surface area contributed by atoms with Crippen LogP contribution in [-0.2, 0) is 11.2 Å². The maximum atomic E-state index is 11.0. The summed E-state index contributed by atoms with van der Waals surface area (Å²) in [5.74, 6) is -0.0244. The second-order valence-corrected chi connectivity index (χ2v) is 2.46. The third-order valence-electron chi connectivity index (χ3n) is 1.47. The fraction of sp³-hybridized carbons (Fsp3) is 0.222. The van der Waals surface area contributed by atoms with E-state index in [1.54, 1.807) is 7.05 Å². The van der Waals surface area contributed by atoms with Crippen molar-refractivity contribution in [1.29, 1.82) is 0 Å². The minimum Gasteiger partial charge on any atom is -0.292 e. The molecule has 0 aliphatic rings. The number of hydrogen-bond donors (Lipinski definition) is 2. The predicted molar refractivity (Wildman–Crippen MR) is 47.3 cm³/mol. The SMILES string of the molecule is CNNC(=O)Cc1ccccc1. The Balaban J connectivity index is 2.47. The van der Waals surface area contributed by atoms with Crippen LogP contribution < -0.4 is 10.9 Å². The van der Waals surface area contributed by atoms with Crippen molar-refractivity contribution in [2.24, 2.45) is 0 Å². The number of carbonyl (C=O) groups is 1. The number of hydrazine groups is 1. The summed E-state index contributed by atoms with van der Waals surface area (Å²) < 4.78 is 0. The maximum absolute atomic E-state index is 11.0. The topological polar surface area (TPSA) is 41.1 Å². The molecule has 1 aromatic carbocycles. The Morgan fingerprint density at radius 3 is 2.58 bits per heavy atom. The Bertz CT molecular complexity index is 246. The smallest absolute Gasteiger partial charge is 0.238 e. The molecule has 0 spiro atoms. The fourth-order valence-electron chi connectivity index (χ4n) is 0.965. The van der Waals surface area contributed by atoms with Gasteiger partial charge in [0.2, 0.25) is 5.91 Å². The van der Waals surface area contributed by atoms with Crippen molar-refractivity contribution >= 4 is 5.91 Å². The molecule has 64 valence electrons. The summed E-state index contributed by atoms with van der Waals surface area (Å²) in [6, 6.07) is 9.62. The van der Waals surface area contributed by atoms with Crippen molar-refractivity contribution in [3.8, 4) is 0 Å². The molecule has 0 aliphatic carbocycles. The third-order valence-corrected chi connectivity index (χ3v) is 1.47. The van der Waals surface area contributed by atoms with E-state index < -0.39 is 0 Å². The lowest BCUT2D eigenvalue weighted by atomic mass is 10.1. The Hall–Kier alpha value is -1.35. The Kier molecular flexibility index (Phi) is 3.29. The summed E-state index contributed by atoms with van der Waals surface area (Å²) in [4.78, 5) is 11.0. The first-order chi connectivity index (χ1) is 5.83. The first-order valence-corrected chi connectivity index (χ1v) is 3.82. The second kappa shape index (κ2) is 4.51. The van der Waals surface area contributed by atoms with Crippen molar-refractivity contribution in [3.05, 3.63) is 35.9 Å². The van der Waals surface area contributed by atoms with Gasteiger partial charge in [-0.25, -0.2) is 5.43 Å². The lowest BCUT2D eigenvalue weighted by Gasteiger charge is -2.01. The van der Waals surface area contributed by atoms with E-state index in [1.165, 1.54) is 0 Å². The molecule has 0 aromatic heterocycles. The summed E-state index contributed by atoms with van der Waals surface area (Å²) in [6.07, 6.45) is 0.418. The molecule has 3 nitrogen and oxygen atoms in total. The maximum Gasteiger partial charge on any atom is 0.238 e. The van der Waals surface area contributed by atoms with E-state index in [0.29, 0.717) is 6.42 Å². The molecule has 0 saturated carbocycles. The summed E-state index contributed by atoms with van der Waals surface area (Å²) in [5.41, 5.74) is 6.11. The zero-order valence-electron chi connectivity index (χ0n) is 7.00. The lowest BCUT2D eigenvalue weighted by Crippen LogP contribution is -2.35. The van der Waals surface area contributed by atoms with Crippen LogP contribution in [0.15, 0.2) is 30.3 Å². The van der Waals surface area contributed by atoms with Crippen LogP contribution in [0.2, 0.25) is 0 Å². The highest BCUT2D eigenvalue weighted by Crippen LogP contribution is 1.98. The van der Waals surface area contributed by atoms with E-state index in [4.69, 9.17) is 0 Å². The van der Waals surface area contributed by atoms with Crippen LogP contribution in [0.4, 0.5) is 0 Å². The van der Waals surface area contributed by atoms with Crippen LogP contribution in [0.25, 0.3) is 0 Å². The number of nitrogens with one attached hydrogen (secondary N) is 2. The Morgan fingerprint density at radius 1 is 1.33 bits per heavy atom. The van der Waals surface area contributed by atoms with Gasteiger partial charge < -0.3 is 0 Å². The van der Waals surface area contributed by atoms with E-state index in [-0.39, 0.29) is 5.91 Å². The van der Waals surface area contributed by atoms with Gasteiger partial charge in [0.15, 0.2) is 0 Å². The molecule has 2 N–H and O–H groups in total. The van der Waals surface area contributed by atoms with Crippen LogP contribution in [0.3, 0.4) is 0 Å². The van der Waals surface area contributed by atoms with Gasteiger partial charge in [0.05, 0.1) is 6.42 Å². The molecule has 0 aliphatic heterocycles. The van der Waals surface area contributed by atoms with Crippen LogP contribution >= 0.6 is 0 Å². The van der Waals surface area contributed by atoms with Crippen molar-refractivity contribution in [3.63, 3.8) is 0 Å². The monoisotopic (exact) mass is 164 g/mol. The van der Waals surface area contributed by atoms with Crippen LogP contribution in [-0.4, -0.2) is 13.0 Å². The van der Waals surface area contributed by atoms with E-state index in [0.717, 1.165) is 5.56 Å². The summed E-state index contributed by atoms with van der Waals surface area (Å²) >= 11 is 0. The highest BCUT2D eigenvalue weighted by molar-refractivity contribution is 5.77. The molecule has 0 unspecified atom stereocenters. The van der Waals surface area contributed by atoms with Gasteiger partial charge >= 0.3 is 0 Å². The van der Waals surface area contributed by atoms with Gasteiger partial charge in [-0.1, -0.05) is 30.3 Å². The quantitative estimate of drug-likeness (QED) is 0.638. The van der Waals surface area contributed by atoms with Crippen LogP contribution in [0.1, 0.15) is 5.56 Å². The number of amides is 1. The van der Waals surface area contributed by atoms with E-state index in [1.807, 2.05) is 30.3 Å². The average molecular weight is 164 g/mol. The predicted octanol–water partition coefficient (Wildman–Crippen LogP) is 0.480. The zero-order valence-corrected chi connectivity index (χ0v) is 7.00. The minimum atomic E-state index is -0.0244. The van der Waals surface area contributed by atoms with Gasteiger partial charge in [0.25, 0.3) is 0 Å². The molecule has 1 rings (SSSR count). The van der Waals surface area contributed by atoms with Crippen molar-refractivity contribution in [1.82, 2.24) is 10.9 Å². The minimum absolute atomic E-state index is 0.0244. The van der Waals surface area contributed by atoms with E-state index in [9.17, 15) is 4.79 Å². The van der Waals surface area contributed by atoms with Gasteiger partial charge in [-0.05, 0) is 5.56 Å². The molecule has 0 bridgehead atoms. The zero-order chi connectivity index (χ0) is 8.81. The van der Waals surface area contributed by atoms with Gasteiger partial charge in [-0.2, -0.15) is 0 Å². The first-order valence-electron chi connectivity index (χ1n) is 3.82. The van der Waals surface area contributed by atoms with Crippen LogP contribution in [0.5, 0.6) is 0 Å². The number of carbonyl (C=O) groups excluding carboxylic acids is 1. The molecule has 0 fully saturated rings. The van der Waals surface area contributed by atoms with Crippen molar-refractivity contribution in [2.75, 3.05) is 7.05 Å². The highest BCUT2D eigenvalue weighted by Gasteiger charge is 1.99. The Labute approximate surface area is 71.8 Å². The van der Waals surface area contributed by atoms with E-state index >= 15 is 0 Å². The van der Waals surface area contributed by atoms with Crippen LogP contribution in [0, 0.1) is 0 Å². The average Bonchev–Trinajstić information content (AvgIpc) is 2.06. The first kappa shape index (κ1) is 8.74. The Morgan fingerprint density at radius 2 is 2.00 bits per heavy atom. The molecule has 1 aromatic rings. The van der Waals surface area contributed by atoms with Crippen molar-refractivity contribution in [2.45, 2.75) is 6.42 Å². The molecule has 12 heavy (non-hydrogen) atoms. The molecule has 3 heteroatoms. The number of rotatable bonds is 3. The lowest BCUT2D eigenvalue weighted by molar-refractivity contribution is -0.121. The van der Waals surface area contributed by atoms with Gasteiger partial charge in [0.1, 0.15) is 0 Å². The summed E-state index contributed by atoms with van der Waals surface area (Å²) in [7, 11) is 1.67. The fourth-order valence-corrected chi connectivity index (χ4v) is 0.965. The standard InChI is InChI=1S/C9H12N2O/c1-10-11-9(12)7-8-5-3-2-4-6-8/h2-6,10H,7H2,1H3,(H,11,12). The summed E-state index contributed by atoms with van der Waals surface area (Å²) in [5, 5.41) is 0. The molecule has 0 saturated heterocycles. The molecular weight excluding hydrogens is 152 g/mol. The molecule has 0 radical (unpaired) electrons. The van der Waals surface area contributed by atoms with Crippen molar-refractivity contribution < 1.29 is 4.79 Å². The number of hydrogen-bond acceptors (Lipinski definition) is 2. The molecule has 0 heterocycles. The number of benzene rings is 1. The second-order valence-electron chi connectivity index (χ2n) is 2.46. The third kappa shape index (κ3) is 2.72. The molecular formula is C9H12N2O. The summed E-state index contributed by atoms with van der Waals surface area (Å²) in [6.45, 7) is 0. The highest BCUT2D eigenvalue weighted by atomic mass is 16.2. The van der Waals surface area contributed by atoms with Gasteiger partial charge in [0, 0.05) is 7.05 Å². The largest absolute Gasteiger partial charge is 0.292 e. The van der Waals surface area contributed by atoms with Gasteiger partial charge in [-0.3, -0.25) is 10.2 Å².